The molecular weight excluding hydrogens is 334 g/mol. The van der Waals surface area contributed by atoms with Crippen LogP contribution in [0.25, 0.3) is 0 Å². The maximum Gasteiger partial charge on any atom is 0.225 e. The Morgan fingerprint density at radius 3 is 2.08 bits per heavy atom. The summed E-state index contributed by atoms with van der Waals surface area (Å²) in [7, 11) is 0. The zero-order valence-corrected chi connectivity index (χ0v) is 15.3. The minimum Gasteiger partial charge on any atom is -0.342 e. The lowest BCUT2D eigenvalue weighted by Gasteiger charge is -2.33. The molecule has 4 rings (SSSR count). The van der Waals surface area contributed by atoms with Crippen molar-refractivity contribution < 1.29 is 13.6 Å². The lowest BCUT2D eigenvalue weighted by atomic mass is 9.82. The Balaban J connectivity index is 1.28. The number of carbonyl (C=O) groups is 1. The smallest absolute Gasteiger partial charge is 0.225 e. The molecule has 2 heterocycles. The molecule has 2 saturated heterocycles. The monoisotopic (exact) mass is 362 g/mol. The SMILES string of the molecule is O=C(C1CCN(Cc2cc(F)cc(F)c2)CC1)N1CC2CCCCC2C1. The zero-order valence-electron chi connectivity index (χ0n) is 15.3. The molecule has 1 aromatic rings. The molecule has 0 N–H and O–H groups in total. The number of likely N-dealkylation sites (tertiary alicyclic amines) is 2. The number of fused-ring (bicyclic) bond motifs is 1. The van der Waals surface area contributed by atoms with Crippen LogP contribution in [0.5, 0.6) is 0 Å². The number of hydrogen-bond acceptors (Lipinski definition) is 2. The standard InChI is InChI=1S/C21H28F2N2O/c22-19-9-15(10-20(23)11-19)12-24-7-5-16(6-8-24)21(26)25-13-17-3-1-2-4-18(17)14-25/h9-11,16-18H,1-8,12-14H2. The Morgan fingerprint density at radius 1 is 0.923 bits per heavy atom. The van der Waals surface area contributed by atoms with Crippen molar-refractivity contribution in [2.24, 2.45) is 17.8 Å². The Kier molecular flexibility index (Phi) is 5.25. The molecule has 1 aromatic carbocycles. The van der Waals surface area contributed by atoms with Gasteiger partial charge >= 0.3 is 0 Å². The van der Waals surface area contributed by atoms with E-state index in [1.807, 2.05) is 0 Å². The van der Waals surface area contributed by atoms with Crippen LogP contribution in [0.2, 0.25) is 0 Å². The fourth-order valence-electron chi connectivity index (χ4n) is 5.14. The molecule has 3 aliphatic rings. The van der Waals surface area contributed by atoms with Gasteiger partial charge in [-0.15, -0.1) is 0 Å². The highest BCUT2D eigenvalue weighted by molar-refractivity contribution is 5.79. The van der Waals surface area contributed by atoms with Gasteiger partial charge in [0.2, 0.25) is 5.91 Å². The molecule has 3 nitrogen and oxygen atoms in total. The predicted molar refractivity (Wildman–Crippen MR) is 96.4 cm³/mol. The van der Waals surface area contributed by atoms with Gasteiger partial charge in [0.15, 0.2) is 0 Å². The first kappa shape index (κ1) is 17.9. The number of nitrogens with zero attached hydrogens (tertiary/aromatic N) is 2. The number of hydrogen-bond donors (Lipinski definition) is 0. The normalized spacial score (nSPS) is 27.5. The van der Waals surface area contributed by atoms with E-state index in [4.69, 9.17) is 0 Å². The summed E-state index contributed by atoms with van der Waals surface area (Å²) in [5, 5.41) is 0. The van der Waals surface area contributed by atoms with Gasteiger partial charge < -0.3 is 4.90 Å². The Morgan fingerprint density at radius 2 is 1.50 bits per heavy atom. The maximum absolute atomic E-state index is 13.3. The second-order valence-electron chi connectivity index (χ2n) is 8.38. The maximum atomic E-state index is 13.3. The molecule has 2 atom stereocenters. The van der Waals surface area contributed by atoms with Crippen LogP contribution in [0.1, 0.15) is 44.1 Å². The van der Waals surface area contributed by atoms with Crippen LogP contribution in [0.3, 0.4) is 0 Å². The molecule has 3 fully saturated rings. The van der Waals surface area contributed by atoms with Crippen LogP contribution in [0.4, 0.5) is 8.78 Å². The minimum absolute atomic E-state index is 0.121. The number of halogens is 2. The summed E-state index contributed by atoms with van der Waals surface area (Å²) in [6.45, 7) is 4.10. The van der Waals surface area contributed by atoms with Crippen molar-refractivity contribution in [2.75, 3.05) is 26.2 Å². The van der Waals surface area contributed by atoms with Gasteiger partial charge in [0.25, 0.3) is 0 Å². The molecule has 0 bridgehead atoms. The molecule has 1 amide bonds. The number of carbonyl (C=O) groups excluding carboxylic acids is 1. The molecule has 5 heteroatoms. The molecule has 0 aromatic heterocycles. The van der Waals surface area contributed by atoms with Gasteiger partial charge in [0.1, 0.15) is 11.6 Å². The Labute approximate surface area is 154 Å². The van der Waals surface area contributed by atoms with Crippen molar-refractivity contribution in [2.45, 2.75) is 45.1 Å². The van der Waals surface area contributed by atoms with Gasteiger partial charge in [0, 0.05) is 31.6 Å². The minimum atomic E-state index is -0.527. The van der Waals surface area contributed by atoms with E-state index in [-0.39, 0.29) is 5.92 Å². The van der Waals surface area contributed by atoms with E-state index in [0.29, 0.717) is 18.0 Å². The van der Waals surface area contributed by atoms with Crippen molar-refractivity contribution >= 4 is 5.91 Å². The van der Waals surface area contributed by atoms with E-state index in [9.17, 15) is 13.6 Å². The summed E-state index contributed by atoms with van der Waals surface area (Å²) >= 11 is 0. The van der Waals surface area contributed by atoms with Crippen LogP contribution < -0.4 is 0 Å². The number of benzene rings is 1. The van der Waals surface area contributed by atoms with Crippen molar-refractivity contribution in [1.29, 1.82) is 0 Å². The van der Waals surface area contributed by atoms with E-state index in [1.165, 1.54) is 37.8 Å². The van der Waals surface area contributed by atoms with E-state index < -0.39 is 11.6 Å². The highest BCUT2D eigenvalue weighted by Gasteiger charge is 2.38. The van der Waals surface area contributed by atoms with Crippen LogP contribution >= 0.6 is 0 Å². The fraction of sp³-hybridized carbons (Fsp3) is 0.667. The summed E-state index contributed by atoms with van der Waals surface area (Å²) in [6, 6.07) is 3.70. The second kappa shape index (κ2) is 7.63. The lowest BCUT2D eigenvalue weighted by Crippen LogP contribution is -2.41. The van der Waals surface area contributed by atoms with Crippen molar-refractivity contribution in [3.05, 3.63) is 35.4 Å². The summed E-state index contributed by atoms with van der Waals surface area (Å²) in [4.78, 5) is 17.2. The summed E-state index contributed by atoms with van der Waals surface area (Å²) in [6.07, 6.45) is 6.92. The predicted octanol–water partition coefficient (Wildman–Crippen LogP) is 3.83. The first-order valence-corrected chi connectivity index (χ1v) is 10.0. The van der Waals surface area contributed by atoms with Gasteiger partial charge in [-0.25, -0.2) is 8.78 Å². The second-order valence-corrected chi connectivity index (χ2v) is 8.38. The van der Waals surface area contributed by atoms with E-state index >= 15 is 0 Å². The average molecular weight is 362 g/mol. The van der Waals surface area contributed by atoms with Crippen LogP contribution in [-0.2, 0) is 11.3 Å². The van der Waals surface area contributed by atoms with E-state index in [1.54, 1.807) is 0 Å². The van der Waals surface area contributed by atoms with Crippen molar-refractivity contribution in [1.82, 2.24) is 9.80 Å². The molecule has 26 heavy (non-hydrogen) atoms. The third-order valence-corrected chi connectivity index (χ3v) is 6.55. The summed E-state index contributed by atoms with van der Waals surface area (Å²) in [5.74, 6) is 0.874. The largest absolute Gasteiger partial charge is 0.342 e. The van der Waals surface area contributed by atoms with E-state index in [2.05, 4.69) is 9.80 Å². The molecule has 2 aliphatic heterocycles. The molecule has 0 radical (unpaired) electrons. The van der Waals surface area contributed by atoms with Crippen LogP contribution in [0.15, 0.2) is 18.2 Å². The third kappa shape index (κ3) is 3.93. The third-order valence-electron chi connectivity index (χ3n) is 6.55. The number of amides is 1. The summed E-state index contributed by atoms with van der Waals surface area (Å²) in [5.41, 5.74) is 0.663. The van der Waals surface area contributed by atoms with Crippen LogP contribution in [0, 0.1) is 29.4 Å². The quantitative estimate of drug-likeness (QED) is 0.816. The Hall–Kier alpha value is -1.49. The molecule has 2 unspecified atom stereocenters. The summed E-state index contributed by atoms with van der Waals surface area (Å²) < 4.78 is 26.7. The number of rotatable bonds is 3. The van der Waals surface area contributed by atoms with Gasteiger partial charge in [-0.1, -0.05) is 12.8 Å². The molecular formula is C21H28F2N2O. The van der Waals surface area contributed by atoms with Gasteiger partial charge in [0.05, 0.1) is 0 Å². The van der Waals surface area contributed by atoms with Gasteiger partial charge in [-0.3, -0.25) is 9.69 Å². The fourth-order valence-corrected chi connectivity index (χ4v) is 5.14. The average Bonchev–Trinajstić information content (AvgIpc) is 3.05. The van der Waals surface area contributed by atoms with Crippen molar-refractivity contribution in [3.63, 3.8) is 0 Å². The van der Waals surface area contributed by atoms with Crippen molar-refractivity contribution in [3.8, 4) is 0 Å². The molecule has 1 saturated carbocycles. The highest BCUT2D eigenvalue weighted by atomic mass is 19.1. The molecule has 0 spiro atoms. The molecule has 142 valence electrons. The lowest BCUT2D eigenvalue weighted by molar-refractivity contribution is -0.136. The van der Waals surface area contributed by atoms with E-state index in [0.717, 1.165) is 56.9 Å². The zero-order chi connectivity index (χ0) is 18.1. The first-order valence-electron chi connectivity index (χ1n) is 10.0. The first-order chi connectivity index (χ1) is 12.6. The van der Waals surface area contributed by atoms with Gasteiger partial charge in [-0.2, -0.15) is 0 Å². The molecule has 1 aliphatic carbocycles. The topological polar surface area (TPSA) is 23.6 Å². The number of piperidine rings is 1. The Bertz CT molecular complexity index is 623. The highest BCUT2D eigenvalue weighted by Crippen LogP contribution is 2.37. The van der Waals surface area contributed by atoms with Crippen LogP contribution in [-0.4, -0.2) is 41.9 Å². The van der Waals surface area contributed by atoms with Gasteiger partial charge in [-0.05, 0) is 68.3 Å².